The van der Waals surface area contributed by atoms with Gasteiger partial charge in [0.05, 0.1) is 13.2 Å². The summed E-state index contributed by atoms with van der Waals surface area (Å²) < 4.78 is 31.6. The fourth-order valence-electron chi connectivity index (χ4n) is 2.86. The van der Waals surface area contributed by atoms with Gasteiger partial charge in [-0.15, -0.1) is 0 Å². The molecule has 1 aliphatic carbocycles. The minimum absolute atomic E-state index is 0.251. The van der Waals surface area contributed by atoms with Crippen LogP contribution in [0.1, 0.15) is 26.2 Å². The van der Waals surface area contributed by atoms with Crippen molar-refractivity contribution in [3.05, 3.63) is 18.3 Å². The smallest absolute Gasteiger partial charge is 0.244 e. The van der Waals surface area contributed by atoms with Crippen molar-refractivity contribution in [1.82, 2.24) is 9.29 Å². The van der Waals surface area contributed by atoms with Gasteiger partial charge in [0.15, 0.2) is 0 Å². The van der Waals surface area contributed by atoms with Gasteiger partial charge in [0.25, 0.3) is 0 Å². The lowest BCUT2D eigenvalue weighted by Crippen LogP contribution is -2.40. The number of aromatic nitrogens is 1. The maximum Gasteiger partial charge on any atom is 0.244 e. The zero-order chi connectivity index (χ0) is 15.6. The molecule has 1 aromatic rings. The van der Waals surface area contributed by atoms with E-state index in [4.69, 9.17) is 4.74 Å². The zero-order valence-electron chi connectivity index (χ0n) is 12.9. The van der Waals surface area contributed by atoms with Crippen molar-refractivity contribution in [2.75, 3.05) is 31.6 Å². The van der Waals surface area contributed by atoms with Crippen LogP contribution < -0.4 is 5.32 Å². The molecular weight excluding hydrogens is 302 g/mol. The van der Waals surface area contributed by atoms with Gasteiger partial charge in [-0.25, -0.2) is 13.4 Å². The molecule has 2 atom stereocenters. The minimum Gasteiger partial charge on any atom is -0.379 e. The Bertz CT molecular complexity index is 597. The van der Waals surface area contributed by atoms with Crippen LogP contribution in [0.15, 0.2) is 23.2 Å². The first-order chi connectivity index (χ1) is 10.6. The number of sulfonamides is 1. The van der Waals surface area contributed by atoms with Gasteiger partial charge in [-0.3, -0.25) is 0 Å². The van der Waals surface area contributed by atoms with Crippen LogP contribution in [-0.2, 0) is 14.8 Å². The van der Waals surface area contributed by atoms with E-state index in [9.17, 15) is 8.42 Å². The van der Waals surface area contributed by atoms with Crippen molar-refractivity contribution in [3.63, 3.8) is 0 Å². The van der Waals surface area contributed by atoms with Crippen LogP contribution in [0.25, 0.3) is 0 Å². The second-order valence-corrected chi connectivity index (χ2v) is 7.87. The van der Waals surface area contributed by atoms with Crippen molar-refractivity contribution in [1.29, 1.82) is 0 Å². The van der Waals surface area contributed by atoms with E-state index in [1.54, 1.807) is 12.1 Å². The number of nitrogens with zero attached hydrogens (tertiary/aromatic N) is 2. The van der Waals surface area contributed by atoms with Crippen molar-refractivity contribution in [3.8, 4) is 0 Å². The molecule has 122 valence electrons. The summed E-state index contributed by atoms with van der Waals surface area (Å²) in [5.74, 6) is 1.49. The van der Waals surface area contributed by atoms with Crippen molar-refractivity contribution in [2.45, 2.75) is 37.1 Å². The summed E-state index contributed by atoms with van der Waals surface area (Å²) >= 11 is 0. The highest BCUT2D eigenvalue weighted by Crippen LogP contribution is 2.36. The Balaban J connectivity index is 1.63. The average Bonchev–Trinajstić information content (AvgIpc) is 3.27. The molecule has 3 rings (SSSR count). The second-order valence-electron chi connectivity index (χ2n) is 5.93. The lowest BCUT2D eigenvalue weighted by molar-refractivity contribution is 0.0730. The Morgan fingerprint density at radius 3 is 2.77 bits per heavy atom. The predicted octanol–water partition coefficient (Wildman–Crippen LogP) is 1.70. The Hall–Kier alpha value is -1.18. The summed E-state index contributed by atoms with van der Waals surface area (Å²) in [5, 5.41) is 3.37. The van der Waals surface area contributed by atoms with Gasteiger partial charge in [0.1, 0.15) is 10.7 Å². The number of anilines is 1. The third-order valence-corrected chi connectivity index (χ3v) is 6.14. The van der Waals surface area contributed by atoms with Gasteiger partial charge in [-0.2, -0.15) is 4.31 Å². The molecule has 0 radical (unpaired) electrons. The van der Waals surface area contributed by atoms with Gasteiger partial charge >= 0.3 is 0 Å². The molecule has 22 heavy (non-hydrogen) atoms. The molecule has 2 heterocycles. The standard InChI is InChI=1S/C15H23N3O3S/c1-2-3-12-10-14(12)17-15-5-4-13(11-16-15)22(19,20)18-6-8-21-9-7-18/h4-5,11-12,14H,2-3,6-10H2,1H3,(H,16,17). The van der Waals surface area contributed by atoms with E-state index < -0.39 is 10.0 Å². The molecule has 1 aromatic heterocycles. The molecule has 1 N–H and O–H groups in total. The number of pyridine rings is 1. The monoisotopic (exact) mass is 325 g/mol. The van der Waals surface area contributed by atoms with Crippen LogP contribution in [0, 0.1) is 5.92 Å². The number of nitrogens with one attached hydrogen (secondary N) is 1. The van der Waals surface area contributed by atoms with Crippen LogP contribution in [-0.4, -0.2) is 50.1 Å². The lowest BCUT2D eigenvalue weighted by atomic mass is 10.2. The van der Waals surface area contributed by atoms with Gasteiger partial charge < -0.3 is 10.1 Å². The van der Waals surface area contributed by atoms with Gasteiger partial charge in [0, 0.05) is 25.3 Å². The maximum absolute atomic E-state index is 12.5. The summed E-state index contributed by atoms with van der Waals surface area (Å²) in [7, 11) is -3.45. The number of ether oxygens (including phenoxy) is 1. The van der Waals surface area contributed by atoms with Gasteiger partial charge in [0.2, 0.25) is 10.0 Å². The summed E-state index contributed by atoms with van der Waals surface area (Å²) in [4.78, 5) is 4.52. The number of rotatable bonds is 6. The molecule has 1 aliphatic heterocycles. The Morgan fingerprint density at radius 1 is 1.36 bits per heavy atom. The first kappa shape index (κ1) is 15.7. The highest BCUT2D eigenvalue weighted by molar-refractivity contribution is 7.89. The van der Waals surface area contributed by atoms with Gasteiger partial charge in [-0.05, 0) is 30.9 Å². The molecule has 2 unspecified atom stereocenters. The van der Waals surface area contributed by atoms with E-state index >= 15 is 0 Å². The number of morpholine rings is 1. The quantitative estimate of drug-likeness (QED) is 0.862. The molecule has 1 saturated carbocycles. The molecule has 7 heteroatoms. The van der Waals surface area contributed by atoms with E-state index in [0.717, 1.165) is 11.7 Å². The van der Waals surface area contributed by atoms with E-state index in [1.165, 1.54) is 29.8 Å². The van der Waals surface area contributed by atoms with Gasteiger partial charge in [-0.1, -0.05) is 13.3 Å². The third kappa shape index (κ3) is 3.42. The van der Waals surface area contributed by atoms with Crippen LogP contribution in [0.5, 0.6) is 0 Å². The first-order valence-electron chi connectivity index (χ1n) is 7.91. The van der Waals surface area contributed by atoms with Crippen LogP contribution in [0.3, 0.4) is 0 Å². The lowest BCUT2D eigenvalue weighted by Gasteiger charge is -2.25. The molecule has 0 aromatic carbocycles. The minimum atomic E-state index is -3.45. The summed E-state index contributed by atoms with van der Waals surface area (Å²) in [5.41, 5.74) is 0. The van der Waals surface area contributed by atoms with Crippen molar-refractivity contribution in [2.24, 2.45) is 5.92 Å². The number of hydrogen-bond donors (Lipinski definition) is 1. The highest BCUT2D eigenvalue weighted by atomic mass is 32.2. The molecule has 1 saturated heterocycles. The Labute approximate surface area is 131 Å². The molecule has 0 bridgehead atoms. The third-order valence-electron chi connectivity index (χ3n) is 4.26. The molecule has 0 amide bonds. The van der Waals surface area contributed by atoms with Crippen LogP contribution >= 0.6 is 0 Å². The molecular formula is C15H23N3O3S. The predicted molar refractivity (Wildman–Crippen MR) is 84.2 cm³/mol. The largest absolute Gasteiger partial charge is 0.379 e. The van der Waals surface area contributed by atoms with Crippen LogP contribution in [0.4, 0.5) is 5.82 Å². The first-order valence-corrected chi connectivity index (χ1v) is 9.35. The van der Waals surface area contributed by atoms with E-state index in [-0.39, 0.29) is 4.90 Å². The molecule has 2 fully saturated rings. The fourth-order valence-corrected chi connectivity index (χ4v) is 4.21. The van der Waals surface area contributed by atoms with E-state index in [2.05, 4.69) is 17.2 Å². The Kier molecular flexibility index (Phi) is 4.65. The summed E-state index contributed by atoms with van der Waals surface area (Å²) in [6.07, 6.45) is 5.07. The van der Waals surface area contributed by atoms with E-state index in [1.807, 2.05) is 0 Å². The van der Waals surface area contributed by atoms with E-state index in [0.29, 0.717) is 32.3 Å². The van der Waals surface area contributed by atoms with Crippen molar-refractivity contribution >= 4 is 15.8 Å². The molecule has 0 spiro atoms. The summed E-state index contributed by atoms with van der Waals surface area (Å²) in [6.45, 7) is 3.91. The normalized spacial score (nSPS) is 25.9. The Morgan fingerprint density at radius 2 is 2.14 bits per heavy atom. The summed E-state index contributed by atoms with van der Waals surface area (Å²) in [6, 6.07) is 3.89. The average molecular weight is 325 g/mol. The van der Waals surface area contributed by atoms with Crippen LogP contribution in [0.2, 0.25) is 0 Å². The second kappa shape index (κ2) is 6.52. The molecule has 2 aliphatic rings. The highest BCUT2D eigenvalue weighted by Gasteiger charge is 2.36. The fraction of sp³-hybridized carbons (Fsp3) is 0.667. The van der Waals surface area contributed by atoms with Crippen molar-refractivity contribution < 1.29 is 13.2 Å². The number of hydrogen-bond acceptors (Lipinski definition) is 5. The SMILES string of the molecule is CCCC1CC1Nc1ccc(S(=O)(=O)N2CCOCC2)cn1. The zero-order valence-corrected chi connectivity index (χ0v) is 13.7. The maximum atomic E-state index is 12.5. The molecule has 6 nitrogen and oxygen atoms in total. The topological polar surface area (TPSA) is 71.5 Å².